The number of morpholine rings is 1. The van der Waals surface area contributed by atoms with Gasteiger partial charge in [-0.2, -0.15) is 0 Å². The summed E-state index contributed by atoms with van der Waals surface area (Å²) in [6.07, 6.45) is 2.74. The Morgan fingerprint density at radius 1 is 1.26 bits per heavy atom. The Kier molecular flexibility index (Phi) is 4.33. The fourth-order valence-corrected chi connectivity index (χ4v) is 2.37. The SMILES string of the molecule is Cc1nc(Nc2cc(N)c(C=N)cn2)cc(N2CCOCC2)n1. The van der Waals surface area contributed by atoms with Crippen LogP contribution in [0.5, 0.6) is 0 Å². The van der Waals surface area contributed by atoms with Crippen molar-refractivity contribution < 1.29 is 4.74 Å². The van der Waals surface area contributed by atoms with Gasteiger partial charge in [0, 0.05) is 48.9 Å². The molecule has 1 saturated heterocycles. The van der Waals surface area contributed by atoms with Crippen LogP contribution in [0.15, 0.2) is 18.3 Å². The number of hydrogen-bond donors (Lipinski definition) is 3. The summed E-state index contributed by atoms with van der Waals surface area (Å²) in [5, 5.41) is 10.4. The summed E-state index contributed by atoms with van der Waals surface area (Å²) in [6.45, 7) is 4.89. The van der Waals surface area contributed by atoms with Crippen molar-refractivity contribution in [2.75, 3.05) is 42.3 Å². The van der Waals surface area contributed by atoms with Crippen LogP contribution >= 0.6 is 0 Å². The van der Waals surface area contributed by atoms with Crippen LogP contribution in [0.25, 0.3) is 0 Å². The van der Waals surface area contributed by atoms with Gasteiger partial charge < -0.3 is 26.1 Å². The van der Waals surface area contributed by atoms with Crippen molar-refractivity contribution in [3.63, 3.8) is 0 Å². The van der Waals surface area contributed by atoms with E-state index in [9.17, 15) is 0 Å². The number of anilines is 4. The van der Waals surface area contributed by atoms with Crippen LogP contribution in [-0.2, 0) is 4.74 Å². The number of aryl methyl sites for hydroxylation is 1. The maximum atomic E-state index is 7.24. The predicted octanol–water partition coefficient (Wildman–Crippen LogP) is 1.34. The third kappa shape index (κ3) is 3.54. The number of nitrogens with two attached hydrogens (primary N) is 1. The molecule has 4 N–H and O–H groups in total. The average Bonchev–Trinajstić information content (AvgIpc) is 2.55. The molecule has 3 heterocycles. The third-order valence-corrected chi connectivity index (χ3v) is 3.54. The van der Waals surface area contributed by atoms with Gasteiger partial charge in [0.05, 0.1) is 13.2 Å². The lowest BCUT2D eigenvalue weighted by molar-refractivity contribution is 0.122. The average molecular weight is 313 g/mol. The molecular weight excluding hydrogens is 294 g/mol. The van der Waals surface area contributed by atoms with Crippen LogP contribution in [0.4, 0.5) is 23.1 Å². The first-order valence-corrected chi connectivity index (χ1v) is 7.37. The first-order valence-electron chi connectivity index (χ1n) is 7.37. The van der Waals surface area contributed by atoms with Crippen molar-refractivity contribution >= 4 is 29.4 Å². The number of rotatable bonds is 4. The molecule has 0 atom stereocenters. The van der Waals surface area contributed by atoms with Crippen molar-refractivity contribution in [3.8, 4) is 0 Å². The Labute approximate surface area is 134 Å². The van der Waals surface area contributed by atoms with Gasteiger partial charge in [0.1, 0.15) is 23.3 Å². The van der Waals surface area contributed by atoms with Gasteiger partial charge in [0.2, 0.25) is 0 Å². The Morgan fingerprint density at radius 3 is 2.74 bits per heavy atom. The summed E-state index contributed by atoms with van der Waals surface area (Å²) in [6, 6.07) is 3.58. The van der Waals surface area contributed by atoms with Gasteiger partial charge >= 0.3 is 0 Å². The summed E-state index contributed by atoms with van der Waals surface area (Å²) in [4.78, 5) is 15.3. The molecule has 0 aliphatic carbocycles. The van der Waals surface area contributed by atoms with E-state index in [1.807, 2.05) is 13.0 Å². The highest BCUT2D eigenvalue weighted by molar-refractivity contribution is 5.85. The zero-order valence-electron chi connectivity index (χ0n) is 12.9. The van der Waals surface area contributed by atoms with Crippen LogP contribution in [-0.4, -0.2) is 47.5 Å². The highest BCUT2D eigenvalue weighted by Crippen LogP contribution is 2.21. The molecule has 8 nitrogen and oxygen atoms in total. The minimum atomic E-state index is 0.497. The molecule has 0 spiro atoms. The first kappa shape index (κ1) is 15.2. The second kappa shape index (κ2) is 6.57. The molecule has 1 aliphatic rings. The van der Waals surface area contributed by atoms with Crippen molar-refractivity contribution in [3.05, 3.63) is 29.7 Å². The van der Waals surface area contributed by atoms with Gasteiger partial charge in [-0.05, 0) is 6.92 Å². The van der Waals surface area contributed by atoms with Crippen molar-refractivity contribution in [2.45, 2.75) is 6.92 Å². The lowest BCUT2D eigenvalue weighted by Gasteiger charge is -2.28. The van der Waals surface area contributed by atoms with Crippen LogP contribution < -0.4 is 16.0 Å². The monoisotopic (exact) mass is 313 g/mol. The summed E-state index contributed by atoms with van der Waals surface area (Å²) in [5.74, 6) is 2.79. The molecule has 1 fully saturated rings. The van der Waals surface area contributed by atoms with E-state index in [0.29, 0.717) is 41.9 Å². The molecule has 0 radical (unpaired) electrons. The van der Waals surface area contributed by atoms with Gasteiger partial charge in [-0.25, -0.2) is 15.0 Å². The molecule has 2 aromatic rings. The fraction of sp³-hybridized carbons (Fsp3) is 0.333. The van der Waals surface area contributed by atoms with Crippen LogP contribution in [0.3, 0.4) is 0 Å². The number of nitrogens with zero attached hydrogens (tertiary/aromatic N) is 4. The fourth-order valence-electron chi connectivity index (χ4n) is 2.37. The van der Waals surface area contributed by atoms with Gasteiger partial charge in [0.25, 0.3) is 0 Å². The van der Waals surface area contributed by atoms with E-state index >= 15 is 0 Å². The topological polar surface area (TPSA) is 113 Å². The molecule has 0 bridgehead atoms. The van der Waals surface area contributed by atoms with Gasteiger partial charge in [0.15, 0.2) is 0 Å². The number of pyridine rings is 1. The number of aromatic nitrogens is 3. The Morgan fingerprint density at radius 2 is 2.04 bits per heavy atom. The highest BCUT2D eigenvalue weighted by atomic mass is 16.5. The van der Waals surface area contributed by atoms with E-state index in [4.69, 9.17) is 15.9 Å². The van der Waals surface area contributed by atoms with E-state index in [1.165, 1.54) is 6.21 Å². The number of nitrogen functional groups attached to an aromatic ring is 1. The Bertz CT molecular complexity index is 713. The summed E-state index contributed by atoms with van der Waals surface area (Å²) >= 11 is 0. The molecule has 0 unspecified atom stereocenters. The second-order valence-electron chi connectivity index (χ2n) is 5.23. The van der Waals surface area contributed by atoms with Gasteiger partial charge in [-0.1, -0.05) is 0 Å². The molecule has 3 rings (SSSR count). The summed E-state index contributed by atoms with van der Waals surface area (Å²) < 4.78 is 5.37. The Hall–Kier alpha value is -2.74. The van der Waals surface area contributed by atoms with E-state index < -0.39 is 0 Å². The molecule has 0 saturated carbocycles. The minimum absolute atomic E-state index is 0.497. The van der Waals surface area contributed by atoms with Gasteiger partial charge in [-0.15, -0.1) is 0 Å². The molecular formula is C15H19N7O. The van der Waals surface area contributed by atoms with Crippen LogP contribution in [0.2, 0.25) is 0 Å². The maximum Gasteiger partial charge on any atom is 0.137 e. The van der Waals surface area contributed by atoms with Gasteiger partial charge in [-0.3, -0.25) is 0 Å². The van der Waals surface area contributed by atoms with Crippen LogP contribution in [0, 0.1) is 12.3 Å². The Balaban J connectivity index is 1.83. The number of ether oxygens (including phenoxy) is 1. The highest BCUT2D eigenvalue weighted by Gasteiger charge is 2.14. The predicted molar refractivity (Wildman–Crippen MR) is 89.6 cm³/mol. The van der Waals surface area contributed by atoms with E-state index in [1.54, 1.807) is 12.3 Å². The normalized spacial score (nSPS) is 14.6. The molecule has 0 aromatic carbocycles. The lowest BCUT2D eigenvalue weighted by Crippen LogP contribution is -2.36. The second-order valence-corrected chi connectivity index (χ2v) is 5.23. The third-order valence-electron chi connectivity index (χ3n) is 3.54. The molecule has 2 aromatic heterocycles. The largest absolute Gasteiger partial charge is 0.398 e. The zero-order valence-corrected chi connectivity index (χ0v) is 12.9. The molecule has 120 valence electrons. The van der Waals surface area contributed by atoms with E-state index in [2.05, 4.69) is 25.2 Å². The first-order chi connectivity index (χ1) is 11.2. The van der Waals surface area contributed by atoms with Crippen molar-refractivity contribution in [2.24, 2.45) is 0 Å². The summed E-state index contributed by atoms with van der Waals surface area (Å²) in [5.41, 5.74) is 6.96. The lowest BCUT2D eigenvalue weighted by atomic mass is 10.2. The quantitative estimate of drug-likeness (QED) is 0.730. The number of nitrogens with one attached hydrogen (secondary N) is 2. The van der Waals surface area contributed by atoms with Crippen molar-refractivity contribution in [1.82, 2.24) is 15.0 Å². The van der Waals surface area contributed by atoms with Crippen molar-refractivity contribution in [1.29, 1.82) is 5.41 Å². The molecule has 8 heteroatoms. The van der Waals surface area contributed by atoms with E-state index in [-0.39, 0.29) is 0 Å². The molecule has 0 amide bonds. The standard InChI is InChI=1S/C15H19N7O/c1-10-19-14(7-15(20-10)22-2-4-23-5-3-22)21-13-6-12(17)11(8-16)9-18-13/h6-9,16H,2-5H2,1H3,(H3,17,18,19,20,21). The molecule has 23 heavy (non-hydrogen) atoms. The minimum Gasteiger partial charge on any atom is -0.398 e. The van der Waals surface area contributed by atoms with E-state index in [0.717, 1.165) is 18.9 Å². The number of hydrogen-bond acceptors (Lipinski definition) is 8. The smallest absolute Gasteiger partial charge is 0.137 e. The maximum absolute atomic E-state index is 7.24. The summed E-state index contributed by atoms with van der Waals surface area (Å²) in [7, 11) is 0. The zero-order chi connectivity index (χ0) is 16.2. The molecule has 1 aliphatic heterocycles. The van der Waals surface area contributed by atoms with Crippen LogP contribution in [0.1, 0.15) is 11.4 Å².